The third-order valence-corrected chi connectivity index (χ3v) is 4.35. The lowest BCUT2D eigenvalue weighted by atomic mass is 10.2. The summed E-state index contributed by atoms with van der Waals surface area (Å²) in [5.41, 5.74) is -0.465. The minimum absolute atomic E-state index is 0.0178. The van der Waals surface area contributed by atoms with Crippen LogP contribution in [0, 0.1) is 10.1 Å². The van der Waals surface area contributed by atoms with Crippen molar-refractivity contribution in [2.45, 2.75) is 18.9 Å². The fraction of sp³-hybridized carbons (Fsp3) is 0.467. The molecule has 0 unspecified atom stereocenters. The molecule has 0 saturated carbocycles. The molecule has 0 amide bonds. The Bertz CT molecular complexity index is 924. The lowest BCUT2D eigenvalue weighted by Gasteiger charge is -2.14. The van der Waals surface area contributed by atoms with Gasteiger partial charge in [0.1, 0.15) is 5.69 Å². The zero-order valence-electron chi connectivity index (χ0n) is 13.4. The van der Waals surface area contributed by atoms with E-state index in [9.17, 15) is 19.7 Å². The molecule has 0 aliphatic carbocycles. The van der Waals surface area contributed by atoms with E-state index < -0.39 is 16.0 Å². The number of ether oxygens (including phenoxy) is 1. The molecule has 24 heavy (non-hydrogen) atoms. The molecule has 128 valence electrons. The first-order chi connectivity index (χ1) is 11.4. The SMILES string of the molecule is Cn1c(=O)c(=O)n(C)c2cc([N+](=O)[O-])c(NC[C@@H]3CCCO3)cc21. The molecule has 1 aliphatic heterocycles. The summed E-state index contributed by atoms with van der Waals surface area (Å²) in [6, 6.07) is 2.84. The molecule has 0 bridgehead atoms. The smallest absolute Gasteiger partial charge is 0.316 e. The molecule has 2 aromatic rings. The number of anilines is 1. The van der Waals surface area contributed by atoms with Crippen LogP contribution in [-0.2, 0) is 18.8 Å². The lowest BCUT2D eigenvalue weighted by Crippen LogP contribution is -2.39. The summed E-state index contributed by atoms with van der Waals surface area (Å²) in [5, 5.41) is 14.4. The van der Waals surface area contributed by atoms with Gasteiger partial charge in [-0.15, -0.1) is 0 Å². The minimum Gasteiger partial charge on any atom is -0.377 e. The van der Waals surface area contributed by atoms with Gasteiger partial charge in [-0.05, 0) is 18.9 Å². The highest BCUT2D eigenvalue weighted by Gasteiger charge is 2.21. The Hall–Kier alpha value is -2.68. The van der Waals surface area contributed by atoms with Crippen molar-refractivity contribution in [2.24, 2.45) is 14.1 Å². The maximum atomic E-state index is 12.0. The van der Waals surface area contributed by atoms with Crippen molar-refractivity contribution >= 4 is 22.4 Å². The van der Waals surface area contributed by atoms with E-state index in [-0.39, 0.29) is 11.8 Å². The minimum atomic E-state index is -0.723. The number of benzene rings is 1. The zero-order chi connectivity index (χ0) is 17.4. The van der Waals surface area contributed by atoms with Crippen molar-refractivity contribution in [1.29, 1.82) is 0 Å². The second kappa shape index (κ2) is 6.08. The number of nitro benzene ring substituents is 1. The Kier molecular flexibility index (Phi) is 4.10. The summed E-state index contributed by atoms with van der Waals surface area (Å²) in [6.45, 7) is 1.15. The molecule has 2 heterocycles. The Balaban J connectivity index is 2.13. The van der Waals surface area contributed by atoms with Gasteiger partial charge in [-0.3, -0.25) is 19.7 Å². The molecule has 0 radical (unpaired) electrons. The first kappa shape index (κ1) is 16.2. The Morgan fingerprint density at radius 1 is 1.25 bits per heavy atom. The topological polar surface area (TPSA) is 108 Å². The van der Waals surface area contributed by atoms with Gasteiger partial charge in [0.25, 0.3) is 5.69 Å². The van der Waals surface area contributed by atoms with Crippen molar-refractivity contribution in [3.8, 4) is 0 Å². The molecule has 1 fully saturated rings. The molecule has 1 aliphatic rings. The molecule has 0 spiro atoms. The molecule has 1 N–H and O–H groups in total. The highest BCUT2D eigenvalue weighted by molar-refractivity contribution is 5.85. The number of nitrogens with zero attached hydrogens (tertiary/aromatic N) is 3. The number of aromatic nitrogens is 2. The van der Waals surface area contributed by atoms with E-state index in [4.69, 9.17) is 4.74 Å². The van der Waals surface area contributed by atoms with Crippen LogP contribution < -0.4 is 16.4 Å². The molecule has 9 nitrogen and oxygen atoms in total. The van der Waals surface area contributed by atoms with Crippen LogP contribution in [0.4, 0.5) is 11.4 Å². The van der Waals surface area contributed by atoms with Crippen molar-refractivity contribution < 1.29 is 9.66 Å². The summed E-state index contributed by atoms with van der Waals surface area (Å²) >= 11 is 0. The van der Waals surface area contributed by atoms with Crippen LogP contribution in [0.25, 0.3) is 11.0 Å². The Morgan fingerprint density at radius 3 is 2.42 bits per heavy atom. The van der Waals surface area contributed by atoms with E-state index in [0.29, 0.717) is 29.9 Å². The monoisotopic (exact) mass is 334 g/mol. The van der Waals surface area contributed by atoms with Gasteiger partial charge >= 0.3 is 11.1 Å². The van der Waals surface area contributed by atoms with Crippen molar-refractivity contribution in [3.63, 3.8) is 0 Å². The first-order valence-corrected chi connectivity index (χ1v) is 7.63. The number of aryl methyl sites for hydroxylation is 2. The van der Waals surface area contributed by atoms with E-state index in [1.54, 1.807) is 0 Å². The number of hydrogen-bond acceptors (Lipinski definition) is 6. The molecule has 1 aromatic carbocycles. The average molecular weight is 334 g/mol. The van der Waals surface area contributed by atoms with Crippen LogP contribution in [0.5, 0.6) is 0 Å². The van der Waals surface area contributed by atoms with Gasteiger partial charge in [0, 0.05) is 33.3 Å². The fourth-order valence-corrected chi connectivity index (χ4v) is 2.93. The van der Waals surface area contributed by atoms with Crippen molar-refractivity contribution in [1.82, 2.24) is 9.13 Å². The normalized spacial score (nSPS) is 17.3. The van der Waals surface area contributed by atoms with Crippen LogP contribution >= 0.6 is 0 Å². The van der Waals surface area contributed by atoms with Crippen LogP contribution in [-0.4, -0.2) is 33.3 Å². The summed E-state index contributed by atoms with van der Waals surface area (Å²) in [6.07, 6.45) is 1.90. The summed E-state index contributed by atoms with van der Waals surface area (Å²) in [4.78, 5) is 34.7. The summed E-state index contributed by atoms with van der Waals surface area (Å²) in [5.74, 6) is 0. The van der Waals surface area contributed by atoms with Crippen LogP contribution in [0.15, 0.2) is 21.7 Å². The molecule has 3 rings (SSSR count). The maximum Gasteiger partial charge on any atom is 0.316 e. The van der Waals surface area contributed by atoms with Gasteiger partial charge in [0.05, 0.1) is 22.1 Å². The molecule has 1 saturated heterocycles. The van der Waals surface area contributed by atoms with Crippen molar-refractivity contribution in [2.75, 3.05) is 18.5 Å². The fourth-order valence-electron chi connectivity index (χ4n) is 2.93. The van der Waals surface area contributed by atoms with Crippen LogP contribution in [0.1, 0.15) is 12.8 Å². The second-order valence-corrected chi connectivity index (χ2v) is 5.86. The maximum absolute atomic E-state index is 12.0. The third-order valence-electron chi connectivity index (χ3n) is 4.35. The first-order valence-electron chi connectivity index (χ1n) is 7.63. The largest absolute Gasteiger partial charge is 0.377 e. The molecular weight excluding hydrogens is 316 g/mol. The van der Waals surface area contributed by atoms with Crippen molar-refractivity contribution in [3.05, 3.63) is 43.0 Å². The molecule has 1 aromatic heterocycles. The number of fused-ring (bicyclic) bond motifs is 1. The molecule has 1 atom stereocenters. The lowest BCUT2D eigenvalue weighted by molar-refractivity contribution is -0.383. The highest BCUT2D eigenvalue weighted by Crippen LogP contribution is 2.29. The predicted octanol–water partition coefficient (Wildman–Crippen LogP) is 0.736. The molecule has 9 heteroatoms. The van der Waals surface area contributed by atoms with E-state index in [1.165, 1.54) is 30.8 Å². The van der Waals surface area contributed by atoms with E-state index in [2.05, 4.69) is 5.32 Å². The van der Waals surface area contributed by atoms with Gasteiger partial charge in [0.15, 0.2) is 0 Å². The van der Waals surface area contributed by atoms with Gasteiger partial charge < -0.3 is 19.2 Å². The van der Waals surface area contributed by atoms with Crippen LogP contribution in [0.3, 0.4) is 0 Å². The number of nitrogens with one attached hydrogen (secondary N) is 1. The average Bonchev–Trinajstić information content (AvgIpc) is 3.08. The van der Waals surface area contributed by atoms with E-state index in [1.807, 2.05) is 0 Å². The number of rotatable bonds is 4. The quantitative estimate of drug-likeness (QED) is 0.502. The Morgan fingerprint density at radius 2 is 1.88 bits per heavy atom. The van der Waals surface area contributed by atoms with Gasteiger partial charge in [-0.2, -0.15) is 0 Å². The second-order valence-electron chi connectivity index (χ2n) is 5.86. The zero-order valence-corrected chi connectivity index (χ0v) is 13.4. The Labute approximate surface area is 136 Å². The van der Waals surface area contributed by atoms with Gasteiger partial charge in [-0.1, -0.05) is 0 Å². The van der Waals surface area contributed by atoms with Crippen LogP contribution in [0.2, 0.25) is 0 Å². The van der Waals surface area contributed by atoms with Gasteiger partial charge in [-0.25, -0.2) is 0 Å². The summed E-state index contributed by atoms with van der Waals surface area (Å²) < 4.78 is 7.85. The predicted molar refractivity (Wildman–Crippen MR) is 88.5 cm³/mol. The number of hydrogen-bond donors (Lipinski definition) is 1. The van der Waals surface area contributed by atoms with E-state index >= 15 is 0 Å². The summed E-state index contributed by atoms with van der Waals surface area (Å²) in [7, 11) is 2.90. The highest BCUT2D eigenvalue weighted by atomic mass is 16.6. The van der Waals surface area contributed by atoms with E-state index in [0.717, 1.165) is 17.4 Å². The van der Waals surface area contributed by atoms with Gasteiger partial charge in [0.2, 0.25) is 0 Å². The molecular formula is C15H18N4O5. The third kappa shape index (κ3) is 2.67. The number of nitro groups is 1. The standard InChI is InChI=1S/C15H18N4O5/c1-17-12-6-10(16-8-9-4-3-5-24-9)11(19(22)23)7-13(12)18(2)15(21)14(17)20/h6-7,9,16H,3-5,8H2,1-2H3/t9-/m0/s1.